The number of para-hydroxylation sites is 1. The van der Waals surface area contributed by atoms with E-state index in [0.717, 1.165) is 16.8 Å². The van der Waals surface area contributed by atoms with E-state index in [2.05, 4.69) is 5.32 Å². The molecule has 1 aliphatic heterocycles. The van der Waals surface area contributed by atoms with Crippen molar-refractivity contribution in [3.8, 4) is 5.75 Å². The van der Waals surface area contributed by atoms with Gasteiger partial charge in [0, 0.05) is 25.5 Å². The second-order valence-corrected chi connectivity index (χ2v) is 10.2. The number of aromatic nitrogens is 1. The molecule has 0 spiro atoms. The van der Waals surface area contributed by atoms with Crippen LogP contribution in [0.3, 0.4) is 0 Å². The first-order valence-electron chi connectivity index (χ1n) is 12.2. The fourth-order valence-corrected chi connectivity index (χ4v) is 5.50. The van der Waals surface area contributed by atoms with Gasteiger partial charge in [0.1, 0.15) is 5.75 Å². The van der Waals surface area contributed by atoms with Gasteiger partial charge in [0.2, 0.25) is 0 Å². The molecule has 38 heavy (non-hydrogen) atoms. The topological polar surface area (TPSA) is 75.9 Å². The monoisotopic (exact) mass is 524 g/mol. The molecular formula is C30H28N4O3S. The highest BCUT2D eigenvalue weighted by atomic mass is 32.1. The molecule has 2 heterocycles. The van der Waals surface area contributed by atoms with Crippen LogP contribution >= 0.6 is 11.3 Å². The Labute approximate surface area is 224 Å². The molecular weight excluding hydrogens is 496 g/mol. The SMILES string of the molecule is COc1ccc([C@@H]2C(C(=O)Nc3ccccc3)=C(C)N=c3s/c(=C/c4ccc(N(C)C)cc4)c(=O)n32)cc1. The number of nitrogens with zero attached hydrogens (tertiary/aromatic N) is 3. The number of amides is 1. The van der Waals surface area contributed by atoms with Crippen LogP contribution in [0.25, 0.3) is 6.08 Å². The number of hydrogen-bond acceptors (Lipinski definition) is 6. The number of anilines is 2. The number of thiazole rings is 1. The Morgan fingerprint density at radius 3 is 2.34 bits per heavy atom. The zero-order valence-electron chi connectivity index (χ0n) is 21.6. The van der Waals surface area contributed by atoms with Crippen molar-refractivity contribution < 1.29 is 9.53 Å². The maximum absolute atomic E-state index is 13.8. The molecule has 1 aliphatic rings. The van der Waals surface area contributed by atoms with Crippen molar-refractivity contribution in [2.24, 2.45) is 4.99 Å². The van der Waals surface area contributed by atoms with Gasteiger partial charge in [-0.1, -0.05) is 53.8 Å². The number of rotatable bonds is 6. The molecule has 3 aromatic carbocycles. The molecule has 1 aromatic heterocycles. The van der Waals surface area contributed by atoms with Crippen molar-refractivity contribution >= 4 is 34.7 Å². The Hall–Kier alpha value is -4.43. The molecule has 192 valence electrons. The van der Waals surface area contributed by atoms with Crippen molar-refractivity contribution in [2.75, 3.05) is 31.4 Å². The Kier molecular flexibility index (Phi) is 6.98. The van der Waals surface area contributed by atoms with E-state index in [4.69, 9.17) is 9.73 Å². The molecule has 0 saturated heterocycles. The summed E-state index contributed by atoms with van der Waals surface area (Å²) in [5.41, 5.74) is 4.26. The van der Waals surface area contributed by atoms with E-state index in [1.807, 2.05) is 111 Å². The number of nitrogens with one attached hydrogen (secondary N) is 1. The minimum absolute atomic E-state index is 0.191. The van der Waals surface area contributed by atoms with Gasteiger partial charge >= 0.3 is 0 Å². The van der Waals surface area contributed by atoms with E-state index in [1.165, 1.54) is 11.3 Å². The lowest BCUT2D eigenvalue weighted by molar-refractivity contribution is -0.113. The summed E-state index contributed by atoms with van der Waals surface area (Å²) in [4.78, 5) is 34.7. The van der Waals surface area contributed by atoms with Crippen LogP contribution in [0.2, 0.25) is 0 Å². The number of carbonyl (C=O) groups is 1. The lowest BCUT2D eigenvalue weighted by Crippen LogP contribution is -2.40. The van der Waals surface area contributed by atoms with Gasteiger partial charge in [-0.15, -0.1) is 0 Å². The van der Waals surface area contributed by atoms with E-state index in [1.54, 1.807) is 11.7 Å². The molecule has 0 radical (unpaired) electrons. The first-order valence-corrected chi connectivity index (χ1v) is 13.0. The molecule has 1 atom stereocenters. The highest BCUT2D eigenvalue weighted by molar-refractivity contribution is 7.07. The predicted molar refractivity (Wildman–Crippen MR) is 153 cm³/mol. The average molecular weight is 525 g/mol. The molecule has 0 aliphatic carbocycles. The van der Waals surface area contributed by atoms with Crippen molar-refractivity contribution in [1.82, 2.24) is 4.57 Å². The van der Waals surface area contributed by atoms with Gasteiger partial charge < -0.3 is 15.0 Å². The van der Waals surface area contributed by atoms with Crippen molar-refractivity contribution in [2.45, 2.75) is 13.0 Å². The molecule has 0 saturated carbocycles. The number of carbonyl (C=O) groups excluding carboxylic acids is 1. The Morgan fingerprint density at radius 2 is 1.71 bits per heavy atom. The average Bonchev–Trinajstić information content (AvgIpc) is 3.22. The first kappa shape index (κ1) is 25.2. The van der Waals surface area contributed by atoms with Crippen molar-refractivity contribution in [3.63, 3.8) is 0 Å². The highest BCUT2D eigenvalue weighted by Gasteiger charge is 2.32. The largest absolute Gasteiger partial charge is 0.497 e. The molecule has 0 bridgehead atoms. The van der Waals surface area contributed by atoms with E-state index in [-0.39, 0.29) is 11.5 Å². The van der Waals surface area contributed by atoms with Crippen LogP contribution in [0.4, 0.5) is 11.4 Å². The van der Waals surface area contributed by atoms with Gasteiger partial charge in [-0.05, 0) is 60.5 Å². The number of methoxy groups -OCH3 is 1. The van der Waals surface area contributed by atoms with E-state index in [9.17, 15) is 9.59 Å². The van der Waals surface area contributed by atoms with Crippen LogP contribution in [0.5, 0.6) is 5.75 Å². The van der Waals surface area contributed by atoms with Crippen LogP contribution in [0.1, 0.15) is 24.1 Å². The number of benzene rings is 3. The minimum Gasteiger partial charge on any atom is -0.497 e. The molecule has 7 nitrogen and oxygen atoms in total. The van der Waals surface area contributed by atoms with Crippen LogP contribution in [0, 0.1) is 0 Å². The Balaban J connectivity index is 1.64. The molecule has 0 fully saturated rings. The zero-order chi connectivity index (χ0) is 26.8. The highest BCUT2D eigenvalue weighted by Crippen LogP contribution is 2.31. The van der Waals surface area contributed by atoms with Gasteiger partial charge in [0.25, 0.3) is 11.5 Å². The van der Waals surface area contributed by atoms with Crippen LogP contribution in [0.15, 0.2) is 99.9 Å². The van der Waals surface area contributed by atoms with Crippen molar-refractivity contribution in [3.05, 3.63) is 121 Å². The van der Waals surface area contributed by atoms with Gasteiger partial charge in [-0.3, -0.25) is 14.2 Å². The van der Waals surface area contributed by atoms with E-state index >= 15 is 0 Å². The molecule has 4 aromatic rings. The third kappa shape index (κ3) is 4.90. The summed E-state index contributed by atoms with van der Waals surface area (Å²) in [6, 6.07) is 24.0. The summed E-state index contributed by atoms with van der Waals surface area (Å²) in [7, 11) is 5.58. The van der Waals surface area contributed by atoms with Crippen LogP contribution in [-0.4, -0.2) is 31.7 Å². The third-order valence-corrected chi connectivity index (χ3v) is 7.42. The lowest BCUT2D eigenvalue weighted by atomic mass is 9.95. The maximum Gasteiger partial charge on any atom is 0.271 e. The fraction of sp³-hybridized carbons (Fsp3) is 0.167. The standard InChI is InChI=1S/C30H28N4O3S/c1-19-26(28(35)32-22-8-6-5-7-9-22)27(21-12-16-24(37-4)17-13-21)34-29(36)25(38-30(34)31-19)18-20-10-14-23(15-11-20)33(2)3/h5-18,27H,1-4H3,(H,32,35)/b25-18+/t27-/m1/s1. The number of fused-ring (bicyclic) bond motifs is 1. The number of hydrogen-bond donors (Lipinski definition) is 1. The fourth-order valence-electron chi connectivity index (χ4n) is 4.45. The summed E-state index contributed by atoms with van der Waals surface area (Å²) in [6.45, 7) is 1.81. The molecule has 0 unspecified atom stereocenters. The summed E-state index contributed by atoms with van der Waals surface area (Å²) in [5.74, 6) is 0.394. The van der Waals surface area contributed by atoms with Gasteiger partial charge in [-0.25, -0.2) is 4.99 Å². The second-order valence-electron chi connectivity index (χ2n) is 9.16. The predicted octanol–water partition coefficient (Wildman–Crippen LogP) is 3.95. The molecule has 1 N–H and O–H groups in total. The van der Waals surface area contributed by atoms with Gasteiger partial charge in [0.15, 0.2) is 4.80 Å². The third-order valence-electron chi connectivity index (χ3n) is 6.44. The van der Waals surface area contributed by atoms with Gasteiger partial charge in [0.05, 0.1) is 29.0 Å². The van der Waals surface area contributed by atoms with Gasteiger partial charge in [-0.2, -0.15) is 0 Å². The maximum atomic E-state index is 13.8. The first-order chi connectivity index (χ1) is 18.4. The Bertz CT molecular complexity index is 1680. The smallest absolute Gasteiger partial charge is 0.271 e. The lowest BCUT2D eigenvalue weighted by Gasteiger charge is -2.25. The molecule has 8 heteroatoms. The summed E-state index contributed by atoms with van der Waals surface area (Å²) < 4.78 is 7.51. The van der Waals surface area contributed by atoms with Crippen molar-refractivity contribution in [1.29, 1.82) is 0 Å². The number of allylic oxidation sites excluding steroid dienone is 1. The zero-order valence-corrected chi connectivity index (χ0v) is 22.5. The minimum atomic E-state index is -0.640. The quantitative estimate of drug-likeness (QED) is 0.415. The number of ether oxygens (including phenoxy) is 1. The second kappa shape index (κ2) is 10.5. The van der Waals surface area contributed by atoms with E-state index < -0.39 is 6.04 Å². The van der Waals surface area contributed by atoms with Crippen LogP contribution in [-0.2, 0) is 4.79 Å². The normalized spacial score (nSPS) is 15.1. The van der Waals surface area contributed by atoms with E-state index in [0.29, 0.717) is 32.0 Å². The van der Waals surface area contributed by atoms with Crippen LogP contribution < -0.4 is 29.8 Å². The Morgan fingerprint density at radius 1 is 1.03 bits per heavy atom. The molecule has 1 amide bonds. The summed E-state index contributed by atoms with van der Waals surface area (Å²) >= 11 is 1.32. The molecule has 5 rings (SSSR count). The summed E-state index contributed by atoms with van der Waals surface area (Å²) in [5, 5.41) is 2.97. The summed E-state index contributed by atoms with van der Waals surface area (Å²) in [6.07, 6.45) is 1.87.